The highest BCUT2D eigenvalue weighted by Gasteiger charge is 2.19. The second-order valence-electron chi connectivity index (χ2n) is 5.74. The predicted molar refractivity (Wildman–Crippen MR) is 103 cm³/mol. The Morgan fingerprint density at radius 2 is 2.07 bits per heavy atom. The molecule has 0 aliphatic rings. The SMILES string of the molecule is N#Cc1c(-c2ccco2)cc(-c2cccs2)nc1Oc1cccc(C(=O)O)c1. The third-order valence-corrected chi connectivity index (χ3v) is 4.85. The number of aromatic carboxylic acids is 1. The van der Waals surface area contributed by atoms with Crippen LogP contribution in [0.2, 0.25) is 0 Å². The van der Waals surface area contributed by atoms with Gasteiger partial charge < -0.3 is 14.3 Å². The molecule has 0 unspecified atom stereocenters. The molecule has 0 saturated heterocycles. The molecule has 3 heterocycles. The summed E-state index contributed by atoms with van der Waals surface area (Å²) in [5, 5.41) is 20.8. The van der Waals surface area contributed by atoms with Crippen LogP contribution in [0, 0.1) is 11.3 Å². The quantitative estimate of drug-likeness (QED) is 0.489. The molecule has 136 valence electrons. The summed E-state index contributed by atoms with van der Waals surface area (Å²) in [7, 11) is 0. The van der Waals surface area contributed by atoms with Gasteiger partial charge >= 0.3 is 5.97 Å². The Morgan fingerprint density at radius 1 is 1.18 bits per heavy atom. The molecule has 0 spiro atoms. The zero-order valence-corrected chi connectivity index (χ0v) is 15.1. The lowest BCUT2D eigenvalue weighted by Crippen LogP contribution is -1.99. The van der Waals surface area contributed by atoms with Gasteiger partial charge in [-0.25, -0.2) is 9.78 Å². The number of benzene rings is 1. The minimum Gasteiger partial charge on any atom is -0.478 e. The Bertz CT molecular complexity index is 1180. The highest BCUT2D eigenvalue weighted by molar-refractivity contribution is 7.13. The van der Waals surface area contributed by atoms with E-state index in [9.17, 15) is 15.2 Å². The van der Waals surface area contributed by atoms with Crippen molar-refractivity contribution < 1.29 is 19.1 Å². The Balaban J connectivity index is 1.87. The second kappa shape index (κ2) is 7.39. The molecule has 0 fully saturated rings. The van der Waals surface area contributed by atoms with Crippen molar-refractivity contribution >= 4 is 17.3 Å². The number of hydrogen-bond acceptors (Lipinski definition) is 6. The molecule has 0 bridgehead atoms. The van der Waals surface area contributed by atoms with Crippen molar-refractivity contribution in [1.82, 2.24) is 4.98 Å². The summed E-state index contributed by atoms with van der Waals surface area (Å²) in [6.45, 7) is 0. The predicted octanol–water partition coefficient (Wildman–Crippen LogP) is 5.43. The van der Waals surface area contributed by atoms with Gasteiger partial charge in [-0.2, -0.15) is 5.26 Å². The number of furan rings is 1. The topological polar surface area (TPSA) is 96.4 Å². The molecule has 1 aromatic carbocycles. The Morgan fingerprint density at radius 3 is 2.75 bits per heavy atom. The zero-order chi connectivity index (χ0) is 19.5. The van der Waals surface area contributed by atoms with Gasteiger partial charge in [0.2, 0.25) is 5.88 Å². The van der Waals surface area contributed by atoms with Crippen LogP contribution in [0.4, 0.5) is 0 Å². The van der Waals surface area contributed by atoms with E-state index in [0.29, 0.717) is 17.0 Å². The lowest BCUT2D eigenvalue weighted by Gasteiger charge is -2.11. The number of carboxylic acid groups (broad SMARTS) is 1. The second-order valence-corrected chi connectivity index (χ2v) is 6.68. The van der Waals surface area contributed by atoms with E-state index in [-0.39, 0.29) is 22.8 Å². The summed E-state index contributed by atoms with van der Waals surface area (Å²) < 4.78 is 11.3. The molecule has 0 saturated carbocycles. The maximum atomic E-state index is 11.2. The molecular formula is C21H12N2O4S. The molecule has 6 nitrogen and oxygen atoms in total. The van der Waals surface area contributed by atoms with Gasteiger partial charge in [-0.1, -0.05) is 12.1 Å². The smallest absolute Gasteiger partial charge is 0.335 e. The monoisotopic (exact) mass is 388 g/mol. The van der Waals surface area contributed by atoms with E-state index in [1.807, 2.05) is 17.5 Å². The van der Waals surface area contributed by atoms with Crippen molar-refractivity contribution in [3.8, 4) is 39.6 Å². The number of pyridine rings is 1. The van der Waals surface area contributed by atoms with Crippen LogP contribution < -0.4 is 4.74 Å². The van der Waals surface area contributed by atoms with Gasteiger partial charge in [-0.05, 0) is 47.8 Å². The average Bonchev–Trinajstić information content (AvgIpc) is 3.41. The maximum absolute atomic E-state index is 11.2. The van der Waals surface area contributed by atoms with Crippen LogP contribution in [0.25, 0.3) is 21.9 Å². The van der Waals surface area contributed by atoms with Crippen LogP contribution >= 0.6 is 11.3 Å². The zero-order valence-electron chi connectivity index (χ0n) is 14.3. The van der Waals surface area contributed by atoms with Crippen LogP contribution in [0.5, 0.6) is 11.6 Å². The minimum absolute atomic E-state index is 0.0803. The normalized spacial score (nSPS) is 10.4. The fourth-order valence-corrected chi connectivity index (χ4v) is 3.37. The molecule has 4 aromatic rings. The van der Waals surface area contributed by atoms with Gasteiger partial charge in [-0.15, -0.1) is 11.3 Å². The molecule has 3 aromatic heterocycles. The molecule has 4 rings (SSSR count). The molecule has 0 aliphatic carbocycles. The molecule has 7 heteroatoms. The number of aromatic nitrogens is 1. The third kappa shape index (κ3) is 3.37. The van der Waals surface area contributed by atoms with Crippen molar-refractivity contribution in [2.75, 3.05) is 0 Å². The van der Waals surface area contributed by atoms with E-state index >= 15 is 0 Å². The van der Waals surface area contributed by atoms with Gasteiger partial charge in [0.25, 0.3) is 0 Å². The lowest BCUT2D eigenvalue weighted by molar-refractivity contribution is 0.0696. The molecular weight excluding hydrogens is 376 g/mol. The van der Waals surface area contributed by atoms with Gasteiger partial charge in [0.15, 0.2) is 0 Å². The van der Waals surface area contributed by atoms with Gasteiger partial charge in [0.1, 0.15) is 23.1 Å². The van der Waals surface area contributed by atoms with Crippen LogP contribution in [-0.2, 0) is 0 Å². The van der Waals surface area contributed by atoms with E-state index in [4.69, 9.17) is 9.15 Å². The van der Waals surface area contributed by atoms with E-state index in [2.05, 4.69) is 11.1 Å². The van der Waals surface area contributed by atoms with Crippen molar-refractivity contribution in [2.45, 2.75) is 0 Å². The number of rotatable bonds is 5. The van der Waals surface area contributed by atoms with E-state index in [0.717, 1.165) is 4.88 Å². The minimum atomic E-state index is -1.07. The van der Waals surface area contributed by atoms with Gasteiger partial charge in [0, 0.05) is 5.56 Å². The number of ether oxygens (including phenoxy) is 1. The van der Waals surface area contributed by atoms with Crippen molar-refractivity contribution in [2.24, 2.45) is 0 Å². The van der Waals surface area contributed by atoms with Crippen molar-refractivity contribution in [1.29, 1.82) is 5.26 Å². The average molecular weight is 388 g/mol. The molecule has 0 radical (unpaired) electrons. The Labute approximate surface area is 163 Å². The van der Waals surface area contributed by atoms with Crippen LogP contribution in [-0.4, -0.2) is 16.1 Å². The highest BCUT2D eigenvalue weighted by atomic mass is 32.1. The Kier molecular flexibility index (Phi) is 4.62. The fraction of sp³-hybridized carbons (Fsp3) is 0. The molecule has 0 aliphatic heterocycles. The van der Waals surface area contributed by atoms with Crippen LogP contribution in [0.15, 0.2) is 70.7 Å². The summed E-state index contributed by atoms with van der Waals surface area (Å²) in [4.78, 5) is 16.6. The standard InChI is InChI=1S/C21H12N2O4S/c22-12-16-15(18-6-2-8-26-18)11-17(19-7-3-9-28-19)23-20(16)27-14-5-1-4-13(10-14)21(24)25/h1-11H,(H,24,25). The molecule has 28 heavy (non-hydrogen) atoms. The first kappa shape index (κ1) is 17.5. The molecule has 0 amide bonds. The van der Waals surface area contributed by atoms with Gasteiger partial charge in [0.05, 0.1) is 22.4 Å². The summed E-state index contributed by atoms with van der Waals surface area (Å²) in [5.41, 5.74) is 1.47. The number of carboxylic acids is 1. The van der Waals surface area contributed by atoms with Crippen LogP contribution in [0.3, 0.4) is 0 Å². The number of hydrogen-bond donors (Lipinski definition) is 1. The number of thiophene rings is 1. The van der Waals surface area contributed by atoms with Crippen LogP contribution in [0.1, 0.15) is 15.9 Å². The maximum Gasteiger partial charge on any atom is 0.335 e. The lowest BCUT2D eigenvalue weighted by atomic mass is 10.1. The van der Waals surface area contributed by atoms with E-state index in [1.165, 1.54) is 29.7 Å². The number of nitriles is 1. The third-order valence-electron chi connectivity index (χ3n) is 3.95. The summed E-state index contributed by atoms with van der Waals surface area (Å²) >= 11 is 1.51. The summed E-state index contributed by atoms with van der Waals surface area (Å²) in [6, 6.07) is 17.2. The summed E-state index contributed by atoms with van der Waals surface area (Å²) in [6.07, 6.45) is 1.53. The highest BCUT2D eigenvalue weighted by Crippen LogP contribution is 2.36. The first-order valence-electron chi connectivity index (χ1n) is 8.20. The summed E-state index contributed by atoms with van der Waals surface area (Å²) in [5.74, 6) is -0.191. The number of carbonyl (C=O) groups is 1. The van der Waals surface area contributed by atoms with Crippen molar-refractivity contribution in [3.05, 3.63) is 77.4 Å². The van der Waals surface area contributed by atoms with Crippen molar-refractivity contribution in [3.63, 3.8) is 0 Å². The number of nitrogens with zero attached hydrogens (tertiary/aromatic N) is 2. The first-order chi connectivity index (χ1) is 13.7. The van der Waals surface area contributed by atoms with E-state index in [1.54, 1.807) is 30.3 Å². The van der Waals surface area contributed by atoms with E-state index < -0.39 is 5.97 Å². The Hall–Kier alpha value is -3.89. The largest absolute Gasteiger partial charge is 0.478 e. The molecule has 1 N–H and O–H groups in total. The molecule has 0 atom stereocenters. The fourth-order valence-electron chi connectivity index (χ4n) is 2.68. The first-order valence-corrected chi connectivity index (χ1v) is 9.08. The van der Waals surface area contributed by atoms with Gasteiger partial charge in [-0.3, -0.25) is 0 Å².